The fourth-order valence-corrected chi connectivity index (χ4v) is 1.58. The van der Waals surface area contributed by atoms with Crippen LogP contribution in [-0.2, 0) is 13.1 Å². The van der Waals surface area contributed by atoms with Gasteiger partial charge in [-0.1, -0.05) is 17.7 Å². The summed E-state index contributed by atoms with van der Waals surface area (Å²) >= 11 is 5.67. The number of halogens is 2. The molecule has 5 heteroatoms. The van der Waals surface area contributed by atoms with E-state index in [1.54, 1.807) is 23.0 Å². The molecular weight excluding hydrogens is 229 g/mol. The van der Waals surface area contributed by atoms with Gasteiger partial charge in [-0.15, -0.1) is 0 Å². The molecule has 0 radical (unpaired) electrons. The molecule has 3 nitrogen and oxygen atoms in total. The molecule has 1 aromatic carbocycles. The van der Waals surface area contributed by atoms with E-state index in [0.29, 0.717) is 23.7 Å². The quantitative estimate of drug-likeness (QED) is 0.892. The van der Waals surface area contributed by atoms with Gasteiger partial charge in [0.1, 0.15) is 5.82 Å². The van der Waals surface area contributed by atoms with Gasteiger partial charge >= 0.3 is 0 Å². The smallest absolute Gasteiger partial charge is 0.129 e. The van der Waals surface area contributed by atoms with Crippen molar-refractivity contribution in [1.82, 2.24) is 9.78 Å². The Hall–Kier alpha value is -1.39. The van der Waals surface area contributed by atoms with Gasteiger partial charge < -0.3 is 5.73 Å². The van der Waals surface area contributed by atoms with Crippen molar-refractivity contribution in [2.45, 2.75) is 13.1 Å². The zero-order valence-corrected chi connectivity index (χ0v) is 9.28. The molecule has 0 atom stereocenters. The van der Waals surface area contributed by atoms with E-state index < -0.39 is 0 Å². The minimum absolute atomic E-state index is 0.322. The van der Waals surface area contributed by atoms with Crippen molar-refractivity contribution in [3.8, 4) is 0 Å². The molecular formula is C11H11ClFN3. The maximum Gasteiger partial charge on any atom is 0.129 e. The third-order valence-electron chi connectivity index (χ3n) is 2.25. The fourth-order valence-electron chi connectivity index (χ4n) is 1.43. The first-order valence-corrected chi connectivity index (χ1v) is 5.23. The summed E-state index contributed by atoms with van der Waals surface area (Å²) in [7, 11) is 0. The first-order chi connectivity index (χ1) is 7.69. The predicted molar refractivity (Wildman–Crippen MR) is 60.6 cm³/mol. The summed E-state index contributed by atoms with van der Waals surface area (Å²) in [5.41, 5.74) is 6.78. The van der Waals surface area contributed by atoms with E-state index in [-0.39, 0.29) is 5.82 Å². The highest BCUT2D eigenvalue weighted by molar-refractivity contribution is 6.30. The van der Waals surface area contributed by atoms with Crippen LogP contribution < -0.4 is 5.73 Å². The molecule has 2 N–H and O–H groups in total. The number of benzene rings is 1. The van der Waals surface area contributed by atoms with Gasteiger partial charge in [0.2, 0.25) is 0 Å². The normalized spacial score (nSPS) is 10.7. The Kier molecular flexibility index (Phi) is 3.22. The van der Waals surface area contributed by atoms with E-state index in [2.05, 4.69) is 5.10 Å². The number of hydrogen-bond acceptors (Lipinski definition) is 2. The molecule has 0 amide bonds. The lowest BCUT2D eigenvalue weighted by Gasteiger charge is -2.03. The minimum Gasteiger partial charge on any atom is -0.325 e. The van der Waals surface area contributed by atoms with E-state index >= 15 is 0 Å². The van der Waals surface area contributed by atoms with Crippen LogP contribution in [0.3, 0.4) is 0 Å². The van der Waals surface area contributed by atoms with Crippen LogP contribution in [0.1, 0.15) is 11.3 Å². The van der Waals surface area contributed by atoms with Crippen molar-refractivity contribution < 1.29 is 4.39 Å². The molecule has 0 unspecified atom stereocenters. The molecule has 0 saturated carbocycles. The van der Waals surface area contributed by atoms with E-state index in [4.69, 9.17) is 17.3 Å². The third kappa shape index (κ3) is 2.40. The van der Waals surface area contributed by atoms with Crippen LogP contribution in [0.4, 0.5) is 4.39 Å². The lowest BCUT2D eigenvalue weighted by atomic mass is 10.2. The number of nitrogens with two attached hydrogens (primary N) is 1. The molecule has 0 aliphatic rings. The highest BCUT2D eigenvalue weighted by Crippen LogP contribution is 2.15. The Morgan fingerprint density at radius 2 is 2.19 bits per heavy atom. The summed E-state index contributed by atoms with van der Waals surface area (Å²) < 4.78 is 15.1. The molecule has 2 aromatic rings. The highest BCUT2D eigenvalue weighted by Gasteiger charge is 2.04. The Bertz CT molecular complexity index is 496. The largest absolute Gasteiger partial charge is 0.325 e. The number of aromatic nitrogens is 2. The van der Waals surface area contributed by atoms with Crippen LogP contribution in [0.5, 0.6) is 0 Å². The summed E-state index contributed by atoms with van der Waals surface area (Å²) in [6, 6.07) is 6.42. The first kappa shape index (κ1) is 11.1. The standard InChI is InChI=1S/C11H11ClFN3/c12-9-2-1-8(11(13)5-9)7-16-4-3-10(6-14)15-16/h1-5H,6-7,14H2. The van der Waals surface area contributed by atoms with Crippen LogP contribution >= 0.6 is 11.6 Å². The van der Waals surface area contributed by atoms with Gasteiger partial charge in [0, 0.05) is 23.3 Å². The Morgan fingerprint density at radius 3 is 2.81 bits per heavy atom. The molecule has 16 heavy (non-hydrogen) atoms. The molecule has 0 fully saturated rings. The topological polar surface area (TPSA) is 43.8 Å². The molecule has 84 valence electrons. The van der Waals surface area contributed by atoms with Gasteiger partial charge in [-0.25, -0.2) is 4.39 Å². The minimum atomic E-state index is -0.322. The van der Waals surface area contributed by atoms with Gasteiger partial charge in [-0.2, -0.15) is 5.10 Å². The van der Waals surface area contributed by atoms with E-state index in [0.717, 1.165) is 5.69 Å². The van der Waals surface area contributed by atoms with Crippen LogP contribution in [0.15, 0.2) is 30.5 Å². The molecule has 0 aliphatic carbocycles. The zero-order chi connectivity index (χ0) is 11.5. The van der Waals surface area contributed by atoms with Gasteiger partial charge in [-0.05, 0) is 18.2 Å². The molecule has 2 rings (SSSR count). The molecule has 0 spiro atoms. The second-order valence-electron chi connectivity index (χ2n) is 3.44. The van der Waals surface area contributed by atoms with Crippen molar-refractivity contribution in [1.29, 1.82) is 0 Å². The molecule has 1 aromatic heterocycles. The van der Waals surface area contributed by atoms with Gasteiger partial charge in [0.15, 0.2) is 0 Å². The lowest BCUT2D eigenvalue weighted by molar-refractivity contribution is 0.583. The second-order valence-corrected chi connectivity index (χ2v) is 3.88. The summed E-state index contributed by atoms with van der Waals surface area (Å²) in [6.07, 6.45) is 1.77. The van der Waals surface area contributed by atoms with E-state index in [1.165, 1.54) is 6.07 Å². The van der Waals surface area contributed by atoms with Crippen LogP contribution in [-0.4, -0.2) is 9.78 Å². The average Bonchev–Trinajstić information content (AvgIpc) is 2.70. The van der Waals surface area contributed by atoms with Crippen LogP contribution in [0.25, 0.3) is 0 Å². The van der Waals surface area contributed by atoms with Gasteiger partial charge in [-0.3, -0.25) is 4.68 Å². The number of nitrogens with zero attached hydrogens (tertiary/aromatic N) is 2. The van der Waals surface area contributed by atoms with Gasteiger partial charge in [0.25, 0.3) is 0 Å². The SMILES string of the molecule is NCc1ccn(Cc2ccc(Cl)cc2F)n1. The zero-order valence-electron chi connectivity index (χ0n) is 8.53. The summed E-state index contributed by atoms with van der Waals surface area (Å²) in [6.45, 7) is 0.763. The maximum atomic E-state index is 13.5. The van der Waals surface area contributed by atoms with Crippen molar-refractivity contribution in [3.05, 3.63) is 52.6 Å². The monoisotopic (exact) mass is 239 g/mol. The highest BCUT2D eigenvalue weighted by atomic mass is 35.5. The molecule has 0 aliphatic heterocycles. The van der Waals surface area contributed by atoms with Crippen molar-refractivity contribution in [3.63, 3.8) is 0 Å². The Labute approximate surface area is 97.6 Å². The first-order valence-electron chi connectivity index (χ1n) is 4.85. The summed E-state index contributed by atoms with van der Waals surface area (Å²) in [5.74, 6) is -0.322. The molecule has 0 saturated heterocycles. The number of rotatable bonds is 3. The van der Waals surface area contributed by atoms with Crippen molar-refractivity contribution in [2.24, 2.45) is 5.73 Å². The third-order valence-corrected chi connectivity index (χ3v) is 2.49. The second kappa shape index (κ2) is 4.63. The van der Waals surface area contributed by atoms with E-state index in [1.807, 2.05) is 6.07 Å². The van der Waals surface area contributed by atoms with Crippen LogP contribution in [0, 0.1) is 5.82 Å². The fraction of sp³-hybridized carbons (Fsp3) is 0.182. The van der Waals surface area contributed by atoms with Crippen LogP contribution in [0.2, 0.25) is 5.02 Å². The lowest BCUT2D eigenvalue weighted by Crippen LogP contribution is -2.04. The Morgan fingerprint density at radius 1 is 1.38 bits per heavy atom. The molecule has 1 heterocycles. The van der Waals surface area contributed by atoms with Crippen molar-refractivity contribution in [2.75, 3.05) is 0 Å². The average molecular weight is 240 g/mol. The number of hydrogen-bond donors (Lipinski definition) is 1. The molecule has 0 bridgehead atoms. The van der Waals surface area contributed by atoms with Crippen molar-refractivity contribution >= 4 is 11.6 Å². The van der Waals surface area contributed by atoms with Gasteiger partial charge in [0.05, 0.1) is 12.2 Å². The predicted octanol–water partition coefficient (Wildman–Crippen LogP) is 2.18. The summed E-state index contributed by atoms with van der Waals surface area (Å²) in [5, 5.41) is 4.57. The Balaban J connectivity index is 2.20. The maximum absolute atomic E-state index is 13.5. The van der Waals surface area contributed by atoms with E-state index in [9.17, 15) is 4.39 Å². The summed E-state index contributed by atoms with van der Waals surface area (Å²) in [4.78, 5) is 0.